The number of nitriles is 1. The van der Waals surface area contributed by atoms with E-state index in [1.807, 2.05) is 6.08 Å². The van der Waals surface area contributed by atoms with Crippen molar-refractivity contribution in [1.29, 1.82) is 5.26 Å². The summed E-state index contributed by atoms with van der Waals surface area (Å²) >= 11 is 0. The Balaban J connectivity index is 1.62. The Morgan fingerprint density at radius 2 is 1.80 bits per heavy atom. The van der Waals surface area contributed by atoms with E-state index < -0.39 is 0 Å². The molecular weight excluding hydrogens is 500 g/mol. The minimum atomic E-state index is -0.159. The molecule has 0 bridgehead atoms. The number of fused-ring (bicyclic) bond motifs is 7. The lowest BCUT2D eigenvalue weighted by molar-refractivity contribution is -0.180. The van der Waals surface area contributed by atoms with Gasteiger partial charge in [-0.2, -0.15) is 5.26 Å². The van der Waals surface area contributed by atoms with Crippen LogP contribution in [0.25, 0.3) is 0 Å². The fourth-order valence-electron chi connectivity index (χ4n) is 12.0. The summed E-state index contributed by atoms with van der Waals surface area (Å²) in [6, 6.07) is 2.12. The standard InChI is InChI=1S/C38H56N2O/c1-10-27-16-18-35(5)29(27)17-19-37(7)31(35)15-14-30-34-33(25(2)3)26(4)24-38(34,21-20-36(30,37)6)32(40(8)9)23-28(41)13-11-12-22-39/h11,13,23,25,27,29-31H,4,10,12,14-21,24H2,1-3,5-9H3/b13-11-,32-23-/t27?,29?,30?,31?,35?,36-,37?,38?/m1/s1. The SMILES string of the molecule is C=C1CC2(/C(=C/C(=O)/C=C\CC#N)N(C)C)CC[C@]3(C)C(CCC4C5(C)CCC(CC)C5CCC43C)C2=C1C(C)C. The van der Waals surface area contributed by atoms with Crippen molar-refractivity contribution < 1.29 is 4.79 Å². The van der Waals surface area contributed by atoms with Crippen LogP contribution in [0.2, 0.25) is 0 Å². The number of allylic oxidation sites excluding steroid dienone is 6. The second kappa shape index (κ2) is 10.6. The van der Waals surface area contributed by atoms with Gasteiger partial charge >= 0.3 is 0 Å². The number of carbonyl (C=O) groups excluding carboxylic acids is 1. The normalized spacial score (nSPS) is 42.1. The Morgan fingerprint density at radius 1 is 1.07 bits per heavy atom. The van der Waals surface area contributed by atoms with Crippen molar-refractivity contribution in [2.45, 2.75) is 112 Å². The van der Waals surface area contributed by atoms with E-state index in [2.05, 4.69) is 66.6 Å². The predicted octanol–water partition coefficient (Wildman–Crippen LogP) is 9.44. The van der Waals surface area contributed by atoms with E-state index in [9.17, 15) is 4.79 Å². The Labute approximate surface area is 251 Å². The Morgan fingerprint density at radius 3 is 2.44 bits per heavy atom. The molecule has 0 heterocycles. The lowest BCUT2D eigenvalue weighted by Gasteiger charge is -2.69. The van der Waals surface area contributed by atoms with Crippen LogP contribution in [-0.4, -0.2) is 24.8 Å². The van der Waals surface area contributed by atoms with Crippen molar-refractivity contribution in [1.82, 2.24) is 4.90 Å². The van der Waals surface area contributed by atoms with Crippen LogP contribution < -0.4 is 0 Å². The van der Waals surface area contributed by atoms with Gasteiger partial charge in [0.2, 0.25) is 0 Å². The molecule has 4 saturated carbocycles. The molecule has 5 aliphatic rings. The van der Waals surface area contributed by atoms with Gasteiger partial charge in [-0.15, -0.1) is 0 Å². The van der Waals surface area contributed by atoms with Gasteiger partial charge in [0.05, 0.1) is 12.5 Å². The Hall–Kier alpha value is -2.08. The van der Waals surface area contributed by atoms with Crippen LogP contribution in [-0.2, 0) is 4.79 Å². The van der Waals surface area contributed by atoms with Gasteiger partial charge < -0.3 is 4.90 Å². The molecule has 7 unspecified atom stereocenters. The highest BCUT2D eigenvalue weighted by Crippen LogP contribution is 2.77. The molecule has 0 aliphatic heterocycles. The van der Waals surface area contributed by atoms with Gasteiger partial charge in [-0.25, -0.2) is 0 Å². The van der Waals surface area contributed by atoms with Gasteiger partial charge in [0, 0.05) is 31.3 Å². The van der Waals surface area contributed by atoms with Gasteiger partial charge in [-0.3, -0.25) is 4.79 Å². The fourth-order valence-corrected chi connectivity index (χ4v) is 12.0. The van der Waals surface area contributed by atoms with Crippen molar-refractivity contribution in [3.8, 4) is 6.07 Å². The quantitative estimate of drug-likeness (QED) is 0.293. The maximum absolute atomic E-state index is 13.2. The van der Waals surface area contributed by atoms with Crippen molar-refractivity contribution in [2.75, 3.05) is 14.1 Å². The summed E-state index contributed by atoms with van der Waals surface area (Å²) < 4.78 is 0. The first-order chi connectivity index (χ1) is 19.3. The lowest BCUT2D eigenvalue weighted by Crippen LogP contribution is -2.62. The zero-order valence-corrected chi connectivity index (χ0v) is 27.4. The summed E-state index contributed by atoms with van der Waals surface area (Å²) in [5.74, 6) is 3.59. The summed E-state index contributed by atoms with van der Waals surface area (Å²) in [6.45, 7) is 19.9. The number of hydrogen-bond donors (Lipinski definition) is 0. The van der Waals surface area contributed by atoms with E-state index in [1.165, 1.54) is 62.5 Å². The molecule has 0 amide bonds. The van der Waals surface area contributed by atoms with E-state index in [-0.39, 0.29) is 23.0 Å². The molecule has 0 aromatic rings. The molecule has 0 aromatic carbocycles. The molecule has 0 spiro atoms. The molecule has 3 nitrogen and oxygen atoms in total. The molecule has 4 fully saturated rings. The van der Waals surface area contributed by atoms with Crippen molar-refractivity contribution >= 4 is 5.78 Å². The number of hydrogen-bond acceptors (Lipinski definition) is 3. The third-order valence-electron chi connectivity index (χ3n) is 13.8. The second-order valence-corrected chi connectivity index (χ2v) is 15.8. The number of nitrogens with zero attached hydrogens (tertiary/aromatic N) is 2. The first kappa shape index (κ1) is 30.4. The summed E-state index contributed by atoms with van der Waals surface area (Å²) in [5.41, 5.74) is 6.51. The smallest absolute Gasteiger partial charge is 0.180 e. The van der Waals surface area contributed by atoms with E-state index >= 15 is 0 Å². The summed E-state index contributed by atoms with van der Waals surface area (Å²) in [4.78, 5) is 15.4. The van der Waals surface area contributed by atoms with Crippen molar-refractivity contribution in [3.63, 3.8) is 0 Å². The highest BCUT2D eigenvalue weighted by atomic mass is 16.1. The van der Waals surface area contributed by atoms with Crippen LogP contribution >= 0.6 is 0 Å². The number of carbonyl (C=O) groups is 1. The molecule has 0 N–H and O–H groups in total. The Kier molecular flexibility index (Phi) is 7.83. The van der Waals surface area contributed by atoms with Gasteiger partial charge in [0.15, 0.2) is 5.78 Å². The van der Waals surface area contributed by atoms with Gasteiger partial charge in [-0.05, 0) is 115 Å². The molecule has 3 heteroatoms. The van der Waals surface area contributed by atoms with E-state index in [0.29, 0.717) is 22.7 Å². The molecule has 5 aliphatic carbocycles. The minimum Gasteiger partial charge on any atom is -0.380 e. The highest BCUT2D eigenvalue weighted by Gasteiger charge is 2.69. The van der Waals surface area contributed by atoms with Gasteiger partial charge in [-0.1, -0.05) is 71.8 Å². The third-order valence-corrected chi connectivity index (χ3v) is 13.8. The molecular formula is C38H56N2O. The molecule has 5 rings (SSSR count). The van der Waals surface area contributed by atoms with E-state index in [0.717, 1.165) is 36.3 Å². The first-order valence-electron chi connectivity index (χ1n) is 16.7. The maximum atomic E-state index is 13.2. The summed E-state index contributed by atoms with van der Waals surface area (Å²) in [5, 5.41) is 8.96. The summed E-state index contributed by atoms with van der Waals surface area (Å²) in [7, 11) is 4.22. The fraction of sp³-hybridized carbons (Fsp3) is 0.737. The molecule has 8 atom stereocenters. The van der Waals surface area contributed by atoms with Crippen molar-refractivity contribution in [2.24, 2.45) is 51.2 Å². The molecule has 0 saturated heterocycles. The average Bonchev–Trinajstić information content (AvgIpc) is 3.41. The molecule has 41 heavy (non-hydrogen) atoms. The van der Waals surface area contributed by atoms with Gasteiger partial charge in [0.25, 0.3) is 0 Å². The average molecular weight is 557 g/mol. The van der Waals surface area contributed by atoms with Gasteiger partial charge in [0.1, 0.15) is 0 Å². The van der Waals surface area contributed by atoms with Crippen LogP contribution in [0, 0.1) is 62.6 Å². The van der Waals surface area contributed by atoms with Crippen LogP contribution in [0.1, 0.15) is 112 Å². The predicted molar refractivity (Wildman–Crippen MR) is 170 cm³/mol. The van der Waals surface area contributed by atoms with Crippen LogP contribution in [0.4, 0.5) is 0 Å². The zero-order chi connectivity index (χ0) is 30.0. The first-order valence-corrected chi connectivity index (χ1v) is 16.7. The largest absolute Gasteiger partial charge is 0.380 e. The monoisotopic (exact) mass is 556 g/mol. The number of ketones is 1. The third kappa shape index (κ3) is 4.28. The number of rotatable bonds is 7. The minimum absolute atomic E-state index is 0.0109. The summed E-state index contributed by atoms with van der Waals surface area (Å²) in [6.07, 6.45) is 18.3. The molecule has 0 radical (unpaired) electrons. The lowest BCUT2D eigenvalue weighted by atomic mass is 9.35. The maximum Gasteiger partial charge on any atom is 0.180 e. The molecule has 0 aromatic heterocycles. The topological polar surface area (TPSA) is 44.1 Å². The van der Waals surface area contributed by atoms with E-state index in [1.54, 1.807) is 17.7 Å². The Bertz CT molecular complexity index is 1230. The van der Waals surface area contributed by atoms with Crippen molar-refractivity contribution in [3.05, 3.63) is 47.2 Å². The van der Waals surface area contributed by atoms with Crippen LogP contribution in [0.5, 0.6) is 0 Å². The molecule has 224 valence electrons. The highest BCUT2D eigenvalue weighted by molar-refractivity contribution is 5.99. The van der Waals surface area contributed by atoms with E-state index in [4.69, 9.17) is 11.8 Å². The van der Waals surface area contributed by atoms with Crippen LogP contribution in [0.3, 0.4) is 0 Å². The zero-order valence-electron chi connectivity index (χ0n) is 27.4. The van der Waals surface area contributed by atoms with Crippen LogP contribution in [0.15, 0.2) is 47.2 Å². The second-order valence-electron chi connectivity index (χ2n) is 15.8.